The Balaban J connectivity index is 2.14. The summed E-state index contributed by atoms with van der Waals surface area (Å²) in [5, 5.41) is 19.7. The molecule has 0 radical (unpaired) electrons. The molecule has 1 aromatic carbocycles. The number of benzene rings is 1. The van der Waals surface area contributed by atoms with Gasteiger partial charge >= 0.3 is 5.97 Å². The van der Waals surface area contributed by atoms with Crippen LogP contribution in [-0.2, 0) is 4.79 Å². The minimum absolute atomic E-state index is 0.0703. The van der Waals surface area contributed by atoms with Crippen molar-refractivity contribution < 1.29 is 9.90 Å². The molecule has 1 aromatic heterocycles. The number of rotatable bonds is 5. The van der Waals surface area contributed by atoms with Crippen molar-refractivity contribution in [3.8, 4) is 5.69 Å². The summed E-state index contributed by atoms with van der Waals surface area (Å²) in [6.07, 6.45) is 3.25. The minimum Gasteiger partial charge on any atom is -0.481 e. The molecule has 0 saturated heterocycles. The van der Waals surface area contributed by atoms with Crippen molar-refractivity contribution in [1.29, 1.82) is 0 Å². The summed E-state index contributed by atoms with van der Waals surface area (Å²) in [7, 11) is 0. The minimum atomic E-state index is -0.827. The van der Waals surface area contributed by atoms with Gasteiger partial charge in [0.2, 0.25) is 0 Å². The number of nitrogens with one attached hydrogen (secondary N) is 1. The van der Waals surface area contributed by atoms with Crippen molar-refractivity contribution in [2.24, 2.45) is 0 Å². The van der Waals surface area contributed by atoms with Gasteiger partial charge in [0.25, 0.3) is 0 Å². The van der Waals surface area contributed by atoms with Crippen LogP contribution in [0.15, 0.2) is 36.7 Å². The second kappa shape index (κ2) is 5.11. The Morgan fingerprint density at radius 2 is 2.00 bits per heavy atom. The molecule has 6 heteroatoms. The molecule has 0 spiro atoms. The molecule has 0 bridgehead atoms. The molecule has 0 fully saturated rings. The highest BCUT2D eigenvalue weighted by molar-refractivity contribution is 5.68. The molecule has 2 N–H and O–H groups in total. The smallest absolute Gasteiger partial charge is 0.305 e. The SMILES string of the molecule is O=C(O)CCNc1ccccc1-n1nccn1. The standard InChI is InChI=1S/C11H12N4O2/c16-11(17)5-6-12-9-3-1-2-4-10(9)15-13-7-8-14-15/h1-4,7-8,12H,5-6H2,(H,16,17). The lowest BCUT2D eigenvalue weighted by atomic mass is 10.2. The average Bonchev–Trinajstić information content (AvgIpc) is 2.82. The maximum atomic E-state index is 10.4. The van der Waals surface area contributed by atoms with Gasteiger partial charge in [-0.3, -0.25) is 4.79 Å². The van der Waals surface area contributed by atoms with Gasteiger partial charge in [0.05, 0.1) is 24.5 Å². The van der Waals surface area contributed by atoms with Gasteiger partial charge in [-0.1, -0.05) is 12.1 Å². The van der Waals surface area contributed by atoms with Gasteiger partial charge in [0.15, 0.2) is 0 Å². The highest BCUT2D eigenvalue weighted by atomic mass is 16.4. The molecular formula is C11H12N4O2. The number of hydrogen-bond acceptors (Lipinski definition) is 4. The van der Waals surface area contributed by atoms with Crippen LogP contribution in [0.4, 0.5) is 5.69 Å². The molecule has 0 saturated carbocycles. The monoisotopic (exact) mass is 232 g/mol. The largest absolute Gasteiger partial charge is 0.481 e. The molecule has 0 unspecified atom stereocenters. The van der Waals surface area contributed by atoms with E-state index in [0.29, 0.717) is 6.54 Å². The Labute approximate surface area is 97.9 Å². The quantitative estimate of drug-likeness (QED) is 0.808. The van der Waals surface area contributed by atoms with Gasteiger partial charge in [-0.05, 0) is 12.1 Å². The zero-order valence-electron chi connectivity index (χ0n) is 9.08. The average molecular weight is 232 g/mol. The van der Waals surface area contributed by atoms with Crippen LogP contribution in [0.5, 0.6) is 0 Å². The second-order valence-corrected chi connectivity index (χ2v) is 3.41. The van der Waals surface area contributed by atoms with Crippen molar-refractivity contribution in [2.45, 2.75) is 6.42 Å². The number of nitrogens with zero attached hydrogens (tertiary/aromatic N) is 3. The first-order valence-electron chi connectivity index (χ1n) is 5.19. The Morgan fingerprint density at radius 3 is 2.71 bits per heavy atom. The third kappa shape index (κ3) is 2.81. The zero-order chi connectivity index (χ0) is 12.1. The summed E-state index contributed by atoms with van der Waals surface area (Å²) in [5.74, 6) is -0.827. The van der Waals surface area contributed by atoms with Crippen molar-refractivity contribution >= 4 is 11.7 Å². The Morgan fingerprint density at radius 1 is 1.29 bits per heavy atom. The molecule has 17 heavy (non-hydrogen) atoms. The van der Waals surface area contributed by atoms with Crippen LogP contribution in [0.2, 0.25) is 0 Å². The van der Waals surface area contributed by atoms with E-state index in [-0.39, 0.29) is 6.42 Å². The maximum Gasteiger partial charge on any atom is 0.305 e. The predicted octanol–water partition coefficient (Wildman–Crippen LogP) is 1.15. The van der Waals surface area contributed by atoms with E-state index in [4.69, 9.17) is 5.11 Å². The fourth-order valence-electron chi connectivity index (χ4n) is 1.44. The van der Waals surface area contributed by atoms with Crippen molar-refractivity contribution in [1.82, 2.24) is 15.0 Å². The number of para-hydroxylation sites is 2. The van der Waals surface area contributed by atoms with Crippen LogP contribution in [0.25, 0.3) is 5.69 Å². The lowest BCUT2D eigenvalue weighted by molar-refractivity contribution is -0.136. The fraction of sp³-hybridized carbons (Fsp3) is 0.182. The van der Waals surface area contributed by atoms with E-state index in [2.05, 4.69) is 15.5 Å². The summed E-state index contributed by atoms with van der Waals surface area (Å²) in [6.45, 7) is 0.369. The number of carboxylic acids is 1. The fourth-order valence-corrected chi connectivity index (χ4v) is 1.44. The van der Waals surface area contributed by atoms with Crippen LogP contribution < -0.4 is 5.32 Å². The number of hydrogen-bond donors (Lipinski definition) is 2. The Hall–Kier alpha value is -2.37. The number of aromatic nitrogens is 3. The van der Waals surface area contributed by atoms with Gasteiger partial charge in [-0.15, -0.1) is 4.80 Å². The molecule has 1 heterocycles. The van der Waals surface area contributed by atoms with Gasteiger partial charge < -0.3 is 10.4 Å². The summed E-state index contributed by atoms with van der Waals surface area (Å²) in [4.78, 5) is 11.9. The number of carboxylic acid groups (broad SMARTS) is 1. The molecule has 2 aromatic rings. The van der Waals surface area contributed by atoms with Crippen LogP contribution in [0.1, 0.15) is 6.42 Å². The summed E-state index contributed by atoms with van der Waals surface area (Å²) >= 11 is 0. The molecule has 88 valence electrons. The number of anilines is 1. The van der Waals surface area contributed by atoms with E-state index < -0.39 is 5.97 Å². The van der Waals surface area contributed by atoms with Gasteiger partial charge in [0, 0.05) is 6.54 Å². The number of aliphatic carboxylic acids is 1. The van der Waals surface area contributed by atoms with E-state index in [9.17, 15) is 4.79 Å². The van der Waals surface area contributed by atoms with E-state index in [0.717, 1.165) is 11.4 Å². The van der Waals surface area contributed by atoms with Crippen LogP contribution in [-0.4, -0.2) is 32.6 Å². The third-order valence-electron chi connectivity index (χ3n) is 2.19. The predicted molar refractivity (Wildman–Crippen MR) is 62.1 cm³/mol. The molecule has 0 aliphatic rings. The topological polar surface area (TPSA) is 80.0 Å². The summed E-state index contributed by atoms with van der Waals surface area (Å²) in [5.41, 5.74) is 1.60. The normalized spacial score (nSPS) is 10.1. The summed E-state index contributed by atoms with van der Waals surface area (Å²) < 4.78 is 0. The first-order valence-corrected chi connectivity index (χ1v) is 5.19. The van der Waals surface area contributed by atoms with E-state index in [1.54, 1.807) is 12.4 Å². The molecule has 0 aliphatic carbocycles. The van der Waals surface area contributed by atoms with Gasteiger partial charge in [-0.2, -0.15) is 10.2 Å². The lowest BCUT2D eigenvalue weighted by Crippen LogP contribution is -2.10. The van der Waals surface area contributed by atoms with Crippen molar-refractivity contribution in [2.75, 3.05) is 11.9 Å². The first kappa shape index (κ1) is 11.1. The molecular weight excluding hydrogens is 220 g/mol. The lowest BCUT2D eigenvalue weighted by Gasteiger charge is -2.09. The molecule has 2 rings (SSSR count). The Bertz CT molecular complexity index is 496. The molecule has 0 amide bonds. The van der Waals surface area contributed by atoms with Crippen molar-refractivity contribution in [3.63, 3.8) is 0 Å². The highest BCUT2D eigenvalue weighted by Crippen LogP contribution is 2.17. The van der Waals surface area contributed by atoms with E-state index in [1.807, 2.05) is 24.3 Å². The summed E-state index contributed by atoms with van der Waals surface area (Å²) in [6, 6.07) is 7.47. The molecule has 0 atom stereocenters. The van der Waals surface area contributed by atoms with Crippen LogP contribution in [0, 0.1) is 0 Å². The van der Waals surface area contributed by atoms with E-state index >= 15 is 0 Å². The zero-order valence-corrected chi connectivity index (χ0v) is 9.08. The second-order valence-electron chi connectivity index (χ2n) is 3.41. The van der Waals surface area contributed by atoms with Crippen LogP contribution in [0.3, 0.4) is 0 Å². The Kier molecular flexibility index (Phi) is 3.34. The van der Waals surface area contributed by atoms with Gasteiger partial charge in [0.1, 0.15) is 5.69 Å². The first-order chi connectivity index (χ1) is 8.27. The third-order valence-corrected chi connectivity index (χ3v) is 2.19. The number of carbonyl (C=O) groups is 1. The van der Waals surface area contributed by atoms with Crippen LogP contribution >= 0.6 is 0 Å². The highest BCUT2D eigenvalue weighted by Gasteiger charge is 2.05. The van der Waals surface area contributed by atoms with E-state index in [1.165, 1.54) is 4.80 Å². The van der Waals surface area contributed by atoms with Gasteiger partial charge in [-0.25, -0.2) is 0 Å². The maximum absolute atomic E-state index is 10.4. The molecule has 6 nitrogen and oxygen atoms in total. The van der Waals surface area contributed by atoms with Crippen molar-refractivity contribution in [3.05, 3.63) is 36.7 Å². The molecule has 0 aliphatic heterocycles.